The van der Waals surface area contributed by atoms with E-state index in [1.807, 2.05) is 0 Å². The summed E-state index contributed by atoms with van der Waals surface area (Å²) >= 11 is 0. The van der Waals surface area contributed by atoms with E-state index in [1.54, 1.807) is 43.3 Å². The molecule has 138 valence electrons. The van der Waals surface area contributed by atoms with E-state index in [2.05, 4.69) is 4.99 Å². The lowest BCUT2D eigenvalue weighted by Gasteiger charge is -2.19. The van der Waals surface area contributed by atoms with Crippen LogP contribution in [0, 0.1) is 0 Å². The Morgan fingerprint density at radius 1 is 1.11 bits per heavy atom. The number of fused-ring (bicyclic) bond motifs is 1. The quantitative estimate of drug-likeness (QED) is 0.649. The van der Waals surface area contributed by atoms with Crippen molar-refractivity contribution in [3.05, 3.63) is 65.2 Å². The molecule has 2 aromatic carbocycles. The molecule has 0 amide bonds. The van der Waals surface area contributed by atoms with Gasteiger partial charge in [-0.3, -0.25) is 14.6 Å². The summed E-state index contributed by atoms with van der Waals surface area (Å²) in [6, 6.07) is 12.4. The fourth-order valence-electron chi connectivity index (χ4n) is 2.99. The van der Waals surface area contributed by atoms with Crippen LogP contribution >= 0.6 is 0 Å². The summed E-state index contributed by atoms with van der Waals surface area (Å²) < 4.78 is 5.13. The third-order valence-corrected chi connectivity index (χ3v) is 4.30. The zero-order chi connectivity index (χ0) is 19.4. The number of nitrogens with zero attached hydrogens (tertiary/aromatic N) is 1. The van der Waals surface area contributed by atoms with Gasteiger partial charge in [0, 0.05) is 17.5 Å². The molecular weight excluding hydrogens is 346 g/mol. The molecular formula is C21H19NO5. The van der Waals surface area contributed by atoms with Crippen molar-refractivity contribution in [1.82, 2.24) is 0 Å². The highest BCUT2D eigenvalue weighted by molar-refractivity contribution is 6.51. The second kappa shape index (κ2) is 7.95. The van der Waals surface area contributed by atoms with Crippen LogP contribution < -0.4 is 0 Å². The molecule has 1 N–H and O–H groups in total. The number of carbonyl (C=O) groups is 3. The zero-order valence-corrected chi connectivity index (χ0v) is 14.8. The number of carbonyl (C=O) groups excluding carboxylic acids is 3. The number of Topliss-reactive ketones (excluding diaryl/α,β-unsaturated/α-hetero) is 2. The number of hydrogen-bond donors (Lipinski definition) is 1. The van der Waals surface area contributed by atoms with Gasteiger partial charge in [0.1, 0.15) is 5.75 Å². The van der Waals surface area contributed by atoms with Crippen molar-refractivity contribution in [2.45, 2.75) is 25.8 Å². The van der Waals surface area contributed by atoms with E-state index in [0.29, 0.717) is 16.8 Å². The second-order valence-electron chi connectivity index (χ2n) is 6.19. The Morgan fingerprint density at radius 3 is 2.44 bits per heavy atom. The molecule has 1 aliphatic carbocycles. The molecule has 1 aliphatic rings. The summed E-state index contributed by atoms with van der Waals surface area (Å²) in [5.41, 5.74) is 2.08. The number of aromatic hydroxyl groups is 1. The molecule has 3 rings (SSSR count). The number of hydrogen-bond acceptors (Lipinski definition) is 6. The highest BCUT2D eigenvalue weighted by Gasteiger charge is 2.30. The number of phenolic OH excluding ortho intramolecular Hbond substituents is 1. The molecule has 0 unspecified atom stereocenters. The number of benzene rings is 2. The first kappa shape index (κ1) is 18.5. The maximum atomic E-state index is 12.4. The molecule has 1 atom stereocenters. The molecule has 0 aromatic heterocycles. The minimum atomic E-state index is -0.849. The molecule has 0 heterocycles. The fourth-order valence-corrected chi connectivity index (χ4v) is 2.99. The van der Waals surface area contributed by atoms with E-state index in [0.717, 1.165) is 5.56 Å². The highest BCUT2D eigenvalue weighted by atomic mass is 16.5. The van der Waals surface area contributed by atoms with Gasteiger partial charge in [-0.2, -0.15) is 0 Å². The van der Waals surface area contributed by atoms with Gasteiger partial charge in [-0.15, -0.1) is 0 Å². The van der Waals surface area contributed by atoms with E-state index < -0.39 is 23.6 Å². The molecule has 6 heteroatoms. The minimum Gasteiger partial charge on any atom is -0.508 e. The zero-order valence-electron chi connectivity index (χ0n) is 14.8. The lowest BCUT2D eigenvalue weighted by molar-refractivity contribution is -0.144. The van der Waals surface area contributed by atoms with Gasteiger partial charge in [0.25, 0.3) is 0 Å². The molecule has 0 saturated heterocycles. The van der Waals surface area contributed by atoms with Crippen LogP contribution in [0.5, 0.6) is 5.75 Å². The van der Waals surface area contributed by atoms with Gasteiger partial charge in [-0.1, -0.05) is 36.4 Å². The van der Waals surface area contributed by atoms with Crippen molar-refractivity contribution >= 4 is 23.2 Å². The van der Waals surface area contributed by atoms with Gasteiger partial charge in [0.05, 0.1) is 18.7 Å². The van der Waals surface area contributed by atoms with Crippen LogP contribution in [0.3, 0.4) is 0 Å². The van der Waals surface area contributed by atoms with Crippen LogP contribution in [0.2, 0.25) is 0 Å². The molecule has 0 saturated carbocycles. The fraction of sp³-hybridized carbons (Fsp3) is 0.238. The summed E-state index contributed by atoms with van der Waals surface area (Å²) in [6.07, 6.45) is 0.119. The molecule has 6 nitrogen and oxygen atoms in total. The first-order chi connectivity index (χ1) is 13.0. The Hall–Kier alpha value is -3.28. The minimum absolute atomic E-state index is 0.128. The van der Waals surface area contributed by atoms with Gasteiger partial charge < -0.3 is 9.84 Å². The lowest BCUT2D eigenvalue weighted by atomic mass is 9.88. The molecule has 0 fully saturated rings. The number of aliphatic imine (C=N–C) groups is 1. The summed E-state index contributed by atoms with van der Waals surface area (Å²) in [7, 11) is 0. The van der Waals surface area contributed by atoms with Crippen molar-refractivity contribution in [1.29, 1.82) is 0 Å². The molecule has 0 spiro atoms. The summed E-state index contributed by atoms with van der Waals surface area (Å²) in [5, 5.41) is 9.42. The summed E-state index contributed by atoms with van der Waals surface area (Å²) in [5.74, 6) is -1.45. The SMILES string of the molecule is CCOC(=O)[C@H](Cc1ccc(O)cc1)N=C1CC(=O)C(=O)c2ccccc21. The Balaban J connectivity index is 1.98. The Labute approximate surface area is 156 Å². The van der Waals surface area contributed by atoms with Crippen LogP contribution in [-0.4, -0.2) is 41.0 Å². The van der Waals surface area contributed by atoms with Crippen molar-refractivity contribution in [2.75, 3.05) is 6.61 Å². The van der Waals surface area contributed by atoms with Gasteiger partial charge in [-0.05, 0) is 24.6 Å². The predicted molar refractivity (Wildman–Crippen MR) is 99.2 cm³/mol. The molecule has 27 heavy (non-hydrogen) atoms. The standard InChI is InChI=1S/C21H19NO5/c1-2-27-21(26)18(11-13-7-9-14(23)10-8-13)22-17-12-19(24)20(25)16-6-4-3-5-15(16)17/h3-10,18,23H,2,11-12H2,1H3/t18-/m0/s1. The van der Waals surface area contributed by atoms with Crippen LogP contribution in [0.15, 0.2) is 53.5 Å². The smallest absolute Gasteiger partial charge is 0.331 e. The topological polar surface area (TPSA) is 93.0 Å². The van der Waals surface area contributed by atoms with E-state index in [-0.39, 0.29) is 25.2 Å². The van der Waals surface area contributed by atoms with Crippen molar-refractivity contribution in [2.24, 2.45) is 4.99 Å². The summed E-state index contributed by atoms with van der Waals surface area (Å²) in [6.45, 7) is 1.92. The van der Waals surface area contributed by atoms with E-state index >= 15 is 0 Å². The first-order valence-corrected chi connectivity index (χ1v) is 8.67. The molecule has 0 radical (unpaired) electrons. The van der Waals surface area contributed by atoms with Gasteiger partial charge >= 0.3 is 5.97 Å². The number of ether oxygens (including phenoxy) is 1. The third kappa shape index (κ3) is 4.11. The average Bonchev–Trinajstić information content (AvgIpc) is 2.67. The van der Waals surface area contributed by atoms with Crippen molar-refractivity contribution in [3.8, 4) is 5.75 Å². The highest BCUT2D eigenvalue weighted by Crippen LogP contribution is 2.22. The second-order valence-corrected chi connectivity index (χ2v) is 6.19. The van der Waals surface area contributed by atoms with Crippen molar-refractivity contribution < 1.29 is 24.2 Å². The van der Waals surface area contributed by atoms with Crippen LogP contribution in [-0.2, 0) is 20.7 Å². The maximum Gasteiger partial charge on any atom is 0.331 e. The van der Waals surface area contributed by atoms with Crippen molar-refractivity contribution in [3.63, 3.8) is 0 Å². The molecule has 2 aromatic rings. The number of esters is 1. The van der Waals surface area contributed by atoms with Crippen LogP contribution in [0.1, 0.15) is 34.8 Å². The number of rotatable bonds is 5. The van der Waals surface area contributed by atoms with E-state index in [4.69, 9.17) is 4.74 Å². The Bertz CT molecular complexity index is 914. The normalized spacial score (nSPS) is 16.1. The first-order valence-electron chi connectivity index (χ1n) is 8.67. The van der Waals surface area contributed by atoms with E-state index in [9.17, 15) is 19.5 Å². The Morgan fingerprint density at radius 2 is 1.78 bits per heavy atom. The largest absolute Gasteiger partial charge is 0.508 e. The monoisotopic (exact) mass is 365 g/mol. The number of phenols is 1. The molecule has 0 bridgehead atoms. The maximum absolute atomic E-state index is 12.4. The number of ketones is 2. The van der Waals surface area contributed by atoms with E-state index in [1.165, 1.54) is 12.1 Å². The van der Waals surface area contributed by atoms with Gasteiger partial charge in [0.2, 0.25) is 11.6 Å². The molecule has 0 aliphatic heterocycles. The summed E-state index contributed by atoms with van der Waals surface area (Å²) in [4.78, 5) is 41.1. The third-order valence-electron chi connectivity index (χ3n) is 4.30. The van der Waals surface area contributed by atoms with Gasteiger partial charge in [-0.25, -0.2) is 4.79 Å². The Kier molecular flexibility index (Phi) is 5.45. The lowest BCUT2D eigenvalue weighted by Crippen LogP contribution is -2.31. The average molecular weight is 365 g/mol. The van der Waals surface area contributed by atoms with Crippen LogP contribution in [0.4, 0.5) is 0 Å². The van der Waals surface area contributed by atoms with Crippen LogP contribution in [0.25, 0.3) is 0 Å². The predicted octanol–water partition coefficient (Wildman–Crippen LogP) is 2.51. The van der Waals surface area contributed by atoms with Gasteiger partial charge in [0.15, 0.2) is 6.04 Å².